The van der Waals surface area contributed by atoms with E-state index in [0.717, 1.165) is 5.56 Å². The van der Waals surface area contributed by atoms with Crippen LogP contribution in [0.25, 0.3) is 0 Å². The minimum absolute atomic E-state index is 0.0344. The van der Waals surface area contributed by atoms with Gasteiger partial charge in [-0.1, -0.05) is 55.5 Å². The van der Waals surface area contributed by atoms with E-state index in [2.05, 4.69) is 0 Å². The fourth-order valence-electron chi connectivity index (χ4n) is 4.07. The van der Waals surface area contributed by atoms with Crippen LogP contribution < -0.4 is 0 Å². The summed E-state index contributed by atoms with van der Waals surface area (Å²) in [5.74, 6) is -0.214. The van der Waals surface area contributed by atoms with E-state index in [1.165, 1.54) is 28.6 Å². The number of benzene rings is 3. The molecule has 0 spiro atoms. The van der Waals surface area contributed by atoms with Crippen LogP contribution >= 0.6 is 0 Å². The Morgan fingerprint density at radius 1 is 0.970 bits per heavy atom. The standard InChI is InChI=1S/C24H23N3O5S/c1-2-16-25-23(21-10-6-7-11-22(21)24(25)28)26(17-18-8-4-3-5-9-18)33(31,32)20-14-12-19(13-15-20)27(29)30/h3-15,23H,2,16-17H2,1H3/t23-/m0/s1. The zero-order chi connectivity index (χ0) is 23.6. The lowest BCUT2D eigenvalue weighted by atomic mass is 10.1. The molecule has 1 heterocycles. The Hall–Kier alpha value is -3.56. The average molecular weight is 466 g/mol. The summed E-state index contributed by atoms with van der Waals surface area (Å²) in [6, 6.07) is 21.0. The maximum Gasteiger partial charge on any atom is 0.269 e. The first-order valence-corrected chi connectivity index (χ1v) is 12.0. The van der Waals surface area contributed by atoms with Gasteiger partial charge in [0.2, 0.25) is 10.0 Å². The first kappa shape index (κ1) is 22.6. The molecule has 170 valence electrons. The van der Waals surface area contributed by atoms with Gasteiger partial charge in [-0.2, -0.15) is 4.31 Å². The Balaban J connectivity index is 1.86. The fourth-order valence-corrected chi connectivity index (χ4v) is 5.63. The minimum atomic E-state index is -4.13. The van der Waals surface area contributed by atoms with Crippen molar-refractivity contribution in [2.75, 3.05) is 6.54 Å². The second-order valence-corrected chi connectivity index (χ2v) is 9.64. The van der Waals surface area contributed by atoms with Gasteiger partial charge in [-0.3, -0.25) is 14.9 Å². The highest BCUT2D eigenvalue weighted by atomic mass is 32.2. The molecular weight excluding hydrogens is 442 g/mol. The zero-order valence-corrected chi connectivity index (χ0v) is 18.8. The predicted octanol–water partition coefficient (Wildman–Crippen LogP) is 4.35. The SMILES string of the molecule is CCCN1C(=O)c2ccccc2[C@@H]1N(Cc1ccccc1)S(=O)(=O)c1ccc([N+](=O)[O-])cc1. The molecule has 1 aliphatic rings. The topological polar surface area (TPSA) is 101 Å². The molecule has 8 nitrogen and oxygen atoms in total. The predicted molar refractivity (Wildman–Crippen MR) is 123 cm³/mol. The third-order valence-electron chi connectivity index (χ3n) is 5.60. The highest BCUT2D eigenvalue weighted by Crippen LogP contribution is 2.40. The van der Waals surface area contributed by atoms with Crippen molar-refractivity contribution in [3.05, 3.63) is 106 Å². The van der Waals surface area contributed by atoms with E-state index < -0.39 is 21.1 Å². The lowest BCUT2D eigenvalue weighted by Gasteiger charge is -2.35. The molecule has 0 saturated carbocycles. The molecule has 0 radical (unpaired) electrons. The van der Waals surface area contributed by atoms with Crippen LogP contribution in [0.15, 0.2) is 83.8 Å². The van der Waals surface area contributed by atoms with Gasteiger partial charge in [-0.05, 0) is 30.2 Å². The van der Waals surface area contributed by atoms with Gasteiger partial charge in [-0.15, -0.1) is 0 Å². The first-order valence-electron chi connectivity index (χ1n) is 10.5. The molecule has 0 fully saturated rings. The van der Waals surface area contributed by atoms with Crippen LogP contribution in [0.2, 0.25) is 0 Å². The Bertz CT molecular complexity index is 1280. The Labute approximate surface area is 192 Å². The van der Waals surface area contributed by atoms with Crippen LogP contribution in [0.1, 0.15) is 41.0 Å². The van der Waals surface area contributed by atoms with Gasteiger partial charge in [0.25, 0.3) is 11.6 Å². The number of hydrogen-bond donors (Lipinski definition) is 0. The number of nitrogens with zero attached hydrogens (tertiary/aromatic N) is 3. The van der Waals surface area contributed by atoms with Gasteiger partial charge in [0.05, 0.1) is 9.82 Å². The van der Waals surface area contributed by atoms with Crippen molar-refractivity contribution < 1.29 is 18.1 Å². The van der Waals surface area contributed by atoms with Crippen LogP contribution in [0, 0.1) is 10.1 Å². The van der Waals surface area contributed by atoms with Crippen molar-refractivity contribution >= 4 is 21.6 Å². The highest BCUT2D eigenvalue weighted by molar-refractivity contribution is 7.89. The van der Waals surface area contributed by atoms with E-state index >= 15 is 0 Å². The molecule has 1 amide bonds. The van der Waals surface area contributed by atoms with Gasteiger partial charge in [-0.25, -0.2) is 8.42 Å². The Morgan fingerprint density at radius 2 is 1.61 bits per heavy atom. The van der Waals surface area contributed by atoms with Crippen molar-refractivity contribution in [1.82, 2.24) is 9.21 Å². The quantitative estimate of drug-likeness (QED) is 0.364. The van der Waals surface area contributed by atoms with Gasteiger partial charge in [0, 0.05) is 36.3 Å². The van der Waals surface area contributed by atoms with E-state index in [0.29, 0.717) is 24.1 Å². The molecule has 3 aromatic rings. The summed E-state index contributed by atoms with van der Waals surface area (Å²) in [7, 11) is -4.13. The zero-order valence-electron chi connectivity index (χ0n) is 18.0. The maximum absolute atomic E-state index is 13.9. The number of hydrogen-bond acceptors (Lipinski definition) is 5. The number of rotatable bonds is 8. The number of non-ortho nitro benzene ring substituents is 1. The van der Waals surface area contributed by atoms with Gasteiger partial charge < -0.3 is 4.90 Å². The van der Waals surface area contributed by atoms with E-state index in [1.807, 2.05) is 37.3 Å². The number of sulfonamides is 1. The lowest BCUT2D eigenvalue weighted by Crippen LogP contribution is -2.43. The van der Waals surface area contributed by atoms with E-state index in [9.17, 15) is 23.3 Å². The largest absolute Gasteiger partial charge is 0.318 e. The third kappa shape index (κ3) is 4.24. The third-order valence-corrected chi connectivity index (χ3v) is 7.41. The number of amides is 1. The minimum Gasteiger partial charge on any atom is -0.318 e. The average Bonchev–Trinajstić information content (AvgIpc) is 3.10. The smallest absolute Gasteiger partial charge is 0.269 e. The second kappa shape index (κ2) is 9.13. The summed E-state index contributed by atoms with van der Waals surface area (Å²) in [5, 5.41) is 11.0. The normalized spacial score (nSPS) is 15.6. The van der Waals surface area contributed by atoms with Crippen LogP contribution in [-0.2, 0) is 16.6 Å². The summed E-state index contributed by atoms with van der Waals surface area (Å²) in [4.78, 5) is 25.1. The summed E-state index contributed by atoms with van der Waals surface area (Å²) in [5.41, 5.74) is 1.67. The first-order chi connectivity index (χ1) is 15.8. The van der Waals surface area contributed by atoms with Crippen LogP contribution in [0.5, 0.6) is 0 Å². The monoisotopic (exact) mass is 465 g/mol. The van der Waals surface area contributed by atoms with Crippen molar-refractivity contribution in [1.29, 1.82) is 0 Å². The molecule has 4 rings (SSSR count). The van der Waals surface area contributed by atoms with E-state index in [4.69, 9.17) is 0 Å². The molecule has 1 aliphatic heterocycles. The lowest BCUT2D eigenvalue weighted by molar-refractivity contribution is -0.384. The molecule has 0 saturated heterocycles. The number of nitro benzene ring substituents is 1. The number of carbonyl (C=O) groups excluding carboxylic acids is 1. The summed E-state index contributed by atoms with van der Waals surface area (Å²) in [6.07, 6.45) is -0.165. The molecular formula is C24H23N3O5S. The van der Waals surface area contributed by atoms with Crippen molar-refractivity contribution in [2.24, 2.45) is 0 Å². The highest BCUT2D eigenvalue weighted by Gasteiger charge is 2.44. The van der Waals surface area contributed by atoms with Gasteiger partial charge in [0.1, 0.15) is 6.17 Å². The van der Waals surface area contributed by atoms with Crippen molar-refractivity contribution in [3.8, 4) is 0 Å². The molecule has 9 heteroatoms. The van der Waals surface area contributed by atoms with Crippen molar-refractivity contribution in [3.63, 3.8) is 0 Å². The van der Waals surface area contributed by atoms with E-state index in [1.54, 1.807) is 29.2 Å². The Morgan fingerprint density at radius 3 is 2.24 bits per heavy atom. The van der Waals surface area contributed by atoms with Gasteiger partial charge in [0.15, 0.2) is 0 Å². The molecule has 0 bridgehead atoms. The Kier molecular flexibility index (Phi) is 6.26. The number of fused-ring (bicyclic) bond motifs is 1. The molecule has 3 aromatic carbocycles. The second-order valence-electron chi connectivity index (χ2n) is 7.75. The molecule has 0 N–H and O–H groups in total. The molecule has 0 aromatic heterocycles. The van der Waals surface area contributed by atoms with Gasteiger partial charge >= 0.3 is 0 Å². The summed E-state index contributed by atoms with van der Waals surface area (Å²) >= 11 is 0. The van der Waals surface area contributed by atoms with Crippen LogP contribution in [0.4, 0.5) is 5.69 Å². The molecule has 0 aliphatic carbocycles. The number of nitro groups is 1. The summed E-state index contributed by atoms with van der Waals surface area (Å²) in [6.45, 7) is 2.35. The molecule has 0 unspecified atom stereocenters. The fraction of sp³-hybridized carbons (Fsp3) is 0.208. The summed E-state index contributed by atoms with van der Waals surface area (Å²) < 4.78 is 29.1. The maximum atomic E-state index is 13.9. The molecule has 33 heavy (non-hydrogen) atoms. The number of carbonyl (C=O) groups is 1. The van der Waals surface area contributed by atoms with Crippen LogP contribution in [0.3, 0.4) is 0 Å². The van der Waals surface area contributed by atoms with Crippen molar-refractivity contribution in [2.45, 2.75) is 31.0 Å². The van der Waals surface area contributed by atoms with E-state index in [-0.39, 0.29) is 23.0 Å². The molecule has 1 atom stereocenters. The van der Waals surface area contributed by atoms with Crippen LogP contribution in [-0.4, -0.2) is 35.0 Å².